The molecule has 1 amide bonds. The molecule has 0 aromatic carbocycles. The van der Waals surface area contributed by atoms with E-state index in [1.54, 1.807) is 12.1 Å². The van der Waals surface area contributed by atoms with Crippen LogP contribution in [0.4, 0.5) is 9.52 Å². The van der Waals surface area contributed by atoms with Gasteiger partial charge in [0.05, 0.1) is 18.9 Å². The second-order valence-corrected chi connectivity index (χ2v) is 9.03. The lowest BCUT2D eigenvalue weighted by atomic mass is 10.0. The van der Waals surface area contributed by atoms with Crippen LogP contribution in [-0.2, 0) is 0 Å². The van der Waals surface area contributed by atoms with E-state index in [1.165, 1.54) is 19.5 Å². The van der Waals surface area contributed by atoms with E-state index in [-0.39, 0.29) is 21.6 Å². The molecule has 3 aromatic heterocycles. The first-order valence-corrected chi connectivity index (χ1v) is 11.3. The summed E-state index contributed by atoms with van der Waals surface area (Å²) in [6.45, 7) is 2.80. The van der Waals surface area contributed by atoms with Crippen LogP contribution in [0.3, 0.4) is 0 Å². The van der Waals surface area contributed by atoms with E-state index >= 15 is 0 Å². The number of hydrogen-bond acceptors (Lipinski definition) is 9. The third kappa shape index (κ3) is 5.55. The van der Waals surface area contributed by atoms with Crippen molar-refractivity contribution in [3.05, 3.63) is 40.9 Å². The largest absolute Gasteiger partial charge is 0.494 e. The van der Waals surface area contributed by atoms with Gasteiger partial charge in [-0.25, -0.2) is 9.37 Å². The van der Waals surface area contributed by atoms with Gasteiger partial charge in [-0.05, 0) is 37.4 Å². The van der Waals surface area contributed by atoms with Gasteiger partial charge in [0.25, 0.3) is 11.1 Å². The lowest BCUT2D eigenvalue weighted by molar-refractivity contribution is 0.0530. The summed E-state index contributed by atoms with van der Waals surface area (Å²) in [4.78, 5) is 23.2. The van der Waals surface area contributed by atoms with Crippen molar-refractivity contribution >= 4 is 34.0 Å². The second kappa shape index (κ2) is 9.94. The minimum Gasteiger partial charge on any atom is -0.494 e. The molecule has 0 aliphatic carbocycles. The summed E-state index contributed by atoms with van der Waals surface area (Å²) in [5.41, 5.74) is 2.21. The number of nitrogens with one attached hydrogen (secondary N) is 1. The fourth-order valence-corrected chi connectivity index (χ4v) is 4.46. The quantitative estimate of drug-likeness (QED) is 0.520. The number of pyridine rings is 2. The number of aryl methyl sites for hydroxylation is 1. The lowest BCUT2D eigenvalue weighted by Crippen LogP contribution is -2.44. The first kappa shape index (κ1) is 23.3. The van der Waals surface area contributed by atoms with Crippen LogP contribution in [0.2, 0.25) is 5.15 Å². The van der Waals surface area contributed by atoms with Crippen molar-refractivity contribution in [1.29, 1.82) is 0 Å². The third-order valence-electron chi connectivity index (χ3n) is 5.07. The van der Waals surface area contributed by atoms with Crippen LogP contribution in [0.5, 0.6) is 10.9 Å². The monoisotopic (exact) mass is 492 g/mol. The fourth-order valence-electron chi connectivity index (χ4n) is 3.65. The van der Waals surface area contributed by atoms with E-state index in [0.29, 0.717) is 47.6 Å². The van der Waals surface area contributed by atoms with Crippen LogP contribution in [0.1, 0.15) is 22.5 Å². The predicted molar refractivity (Wildman–Crippen MR) is 123 cm³/mol. The number of likely N-dealkylation sites (N-methyl/N-ethyl adjacent to an activating group) is 1. The SMILES string of the molecule is COc1cnc(Cl)cc1-c1cc(C)ncc1C(=O)Nc1nnc(OC2CC(F)CN(C)C2)s1. The number of hydrogen-bond donors (Lipinski definition) is 1. The minimum absolute atomic E-state index is 0.252. The number of carbonyl (C=O) groups is 1. The molecule has 1 aliphatic heterocycles. The van der Waals surface area contributed by atoms with Gasteiger partial charge in [0, 0.05) is 42.5 Å². The number of rotatable bonds is 6. The number of piperidine rings is 1. The van der Waals surface area contributed by atoms with Gasteiger partial charge in [-0.2, -0.15) is 0 Å². The Kier molecular flexibility index (Phi) is 7.01. The van der Waals surface area contributed by atoms with Gasteiger partial charge in [0.2, 0.25) is 5.13 Å². The molecule has 0 radical (unpaired) electrons. The van der Waals surface area contributed by atoms with Gasteiger partial charge in [0.15, 0.2) is 0 Å². The summed E-state index contributed by atoms with van der Waals surface area (Å²) < 4.78 is 25.0. The zero-order chi connectivity index (χ0) is 23.5. The second-order valence-electron chi connectivity index (χ2n) is 7.70. The van der Waals surface area contributed by atoms with Crippen LogP contribution >= 0.6 is 22.9 Å². The molecule has 4 heterocycles. The van der Waals surface area contributed by atoms with Gasteiger partial charge in [-0.15, -0.1) is 5.10 Å². The fraction of sp³-hybridized carbons (Fsp3) is 0.381. The molecule has 0 bridgehead atoms. The number of halogens is 2. The molecular formula is C21H22ClFN6O3S. The molecule has 1 aliphatic rings. The molecule has 0 saturated carbocycles. The molecular weight excluding hydrogens is 471 g/mol. The smallest absolute Gasteiger partial charge is 0.296 e. The summed E-state index contributed by atoms with van der Waals surface area (Å²) in [5.74, 6) is 0.0330. The van der Waals surface area contributed by atoms with Crippen LogP contribution in [0.15, 0.2) is 24.5 Å². The molecule has 1 fully saturated rings. The molecule has 0 spiro atoms. The minimum atomic E-state index is -0.952. The highest BCUT2D eigenvalue weighted by atomic mass is 35.5. The summed E-state index contributed by atoms with van der Waals surface area (Å²) in [6.07, 6.45) is 1.99. The van der Waals surface area contributed by atoms with E-state index in [4.69, 9.17) is 21.1 Å². The molecule has 9 nitrogen and oxygen atoms in total. The average molecular weight is 493 g/mol. The Morgan fingerprint density at radius 2 is 2.06 bits per heavy atom. The van der Waals surface area contributed by atoms with Gasteiger partial charge >= 0.3 is 0 Å². The number of ether oxygens (including phenoxy) is 2. The highest BCUT2D eigenvalue weighted by Gasteiger charge is 2.27. The van der Waals surface area contributed by atoms with E-state index < -0.39 is 12.1 Å². The molecule has 3 aromatic rings. The maximum atomic E-state index is 13.8. The maximum absolute atomic E-state index is 13.8. The Labute approximate surface area is 198 Å². The summed E-state index contributed by atoms with van der Waals surface area (Å²) in [7, 11) is 3.35. The highest BCUT2D eigenvalue weighted by molar-refractivity contribution is 7.17. The number of carbonyl (C=O) groups excluding carboxylic acids is 1. The van der Waals surface area contributed by atoms with Gasteiger partial charge in [-0.3, -0.25) is 20.0 Å². The Bertz CT molecular complexity index is 1150. The first-order chi connectivity index (χ1) is 15.8. The van der Waals surface area contributed by atoms with Crippen molar-refractivity contribution in [1.82, 2.24) is 25.1 Å². The number of anilines is 1. The number of likely N-dealkylation sites (tertiary alicyclic amines) is 1. The highest BCUT2D eigenvalue weighted by Crippen LogP contribution is 2.34. The number of aromatic nitrogens is 4. The molecule has 2 atom stereocenters. The van der Waals surface area contributed by atoms with Gasteiger partial charge in [0.1, 0.15) is 23.2 Å². The zero-order valence-electron chi connectivity index (χ0n) is 18.2. The normalized spacial score (nSPS) is 18.7. The van der Waals surface area contributed by atoms with Crippen molar-refractivity contribution in [2.45, 2.75) is 25.6 Å². The Morgan fingerprint density at radius 3 is 2.82 bits per heavy atom. The molecule has 12 heteroatoms. The molecule has 1 N–H and O–H groups in total. The van der Waals surface area contributed by atoms with Crippen molar-refractivity contribution in [3.63, 3.8) is 0 Å². The van der Waals surface area contributed by atoms with E-state index in [2.05, 4.69) is 25.5 Å². The lowest BCUT2D eigenvalue weighted by Gasteiger charge is -2.31. The molecule has 174 valence electrons. The molecule has 33 heavy (non-hydrogen) atoms. The van der Waals surface area contributed by atoms with Crippen molar-refractivity contribution < 1.29 is 18.7 Å². The Balaban J connectivity index is 1.54. The van der Waals surface area contributed by atoms with E-state index in [9.17, 15) is 9.18 Å². The Hall–Kier alpha value is -2.89. The number of methoxy groups -OCH3 is 1. The van der Waals surface area contributed by atoms with E-state index in [1.807, 2.05) is 18.9 Å². The zero-order valence-corrected chi connectivity index (χ0v) is 19.8. The van der Waals surface area contributed by atoms with Gasteiger partial charge in [-0.1, -0.05) is 16.7 Å². The molecule has 2 unspecified atom stereocenters. The van der Waals surface area contributed by atoms with Crippen LogP contribution in [0, 0.1) is 6.92 Å². The van der Waals surface area contributed by atoms with Crippen molar-refractivity contribution in [2.24, 2.45) is 0 Å². The summed E-state index contributed by atoms with van der Waals surface area (Å²) >= 11 is 7.16. The van der Waals surface area contributed by atoms with E-state index in [0.717, 1.165) is 11.3 Å². The Morgan fingerprint density at radius 1 is 1.24 bits per heavy atom. The first-order valence-electron chi connectivity index (χ1n) is 10.1. The standard InChI is InChI=1S/C21H22ClFN6O3S/c1-11-4-14(15-6-18(22)25-8-17(15)31-3)16(7-24-11)19(30)26-20-27-28-21(33-20)32-13-5-12(23)9-29(2)10-13/h4,6-8,12-13H,5,9-10H2,1-3H3,(H,26,27,30). The third-order valence-corrected chi connectivity index (χ3v) is 6.00. The van der Waals surface area contributed by atoms with Crippen LogP contribution < -0.4 is 14.8 Å². The van der Waals surface area contributed by atoms with Crippen molar-refractivity contribution in [3.8, 4) is 22.1 Å². The molecule has 1 saturated heterocycles. The number of alkyl halides is 1. The van der Waals surface area contributed by atoms with Crippen LogP contribution in [-0.4, -0.2) is 70.5 Å². The number of amides is 1. The predicted octanol–water partition coefficient (Wildman–Crippen LogP) is 3.64. The summed E-state index contributed by atoms with van der Waals surface area (Å²) in [6, 6.07) is 3.40. The van der Waals surface area contributed by atoms with Crippen LogP contribution in [0.25, 0.3) is 11.1 Å². The maximum Gasteiger partial charge on any atom is 0.296 e. The van der Waals surface area contributed by atoms with Crippen molar-refractivity contribution in [2.75, 3.05) is 32.6 Å². The topological polar surface area (TPSA) is 102 Å². The molecule has 4 rings (SSSR count). The van der Waals surface area contributed by atoms with Gasteiger partial charge < -0.3 is 9.47 Å². The number of nitrogens with zero attached hydrogens (tertiary/aromatic N) is 5. The summed E-state index contributed by atoms with van der Waals surface area (Å²) in [5, 5.41) is 11.5. The average Bonchev–Trinajstić information content (AvgIpc) is 3.19.